The van der Waals surface area contributed by atoms with Gasteiger partial charge in [0.25, 0.3) is 5.79 Å². The van der Waals surface area contributed by atoms with Crippen LogP contribution in [0.4, 0.5) is 0 Å². The molecule has 5 heteroatoms. The predicted octanol–water partition coefficient (Wildman–Crippen LogP) is 2.09. The molecule has 1 fully saturated rings. The second-order valence-corrected chi connectivity index (χ2v) is 4.92. The van der Waals surface area contributed by atoms with Crippen LogP contribution in [0.5, 0.6) is 0 Å². The van der Waals surface area contributed by atoms with Crippen LogP contribution in [0.2, 0.25) is 0 Å². The summed E-state index contributed by atoms with van der Waals surface area (Å²) in [5.74, 6) is -2.71. The van der Waals surface area contributed by atoms with Gasteiger partial charge in [-0.25, -0.2) is 9.59 Å². The molecule has 0 bridgehead atoms. The van der Waals surface area contributed by atoms with Crippen molar-refractivity contribution in [2.45, 2.75) is 26.6 Å². The fraction of sp³-hybridized carbons (Fsp3) is 0.267. The summed E-state index contributed by atoms with van der Waals surface area (Å²) in [6.45, 7) is 4.79. The third-order valence-electron chi connectivity index (χ3n) is 2.82. The number of benzene rings is 1. The van der Waals surface area contributed by atoms with Crippen molar-refractivity contribution in [3.05, 3.63) is 40.5 Å². The topological polar surface area (TPSA) is 76.4 Å². The van der Waals surface area contributed by atoms with Crippen LogP contribution in [0.1, 0.15) is 30.5 Å². The van der Waals surface area contributed by atoms with Crippen LogP contribution >= 0.6 is 0 Å². The van der Waals surface area contributed by atoms with Crippen molar-refractivity contribution in [1.82, 2.24) is 0 Å². The number of cyclic esters (lactones) is 2. The Morgan fingerprint density at radius 3 is 2.35 bits per heavy atom. The summed E-state index contributed by atoms with van der Waals surface area (Å²) in [7, 11) is 0. The van der Waals surface area contributed by atoms with Crippen molar-refractivity contribution in [1.29, 1.82) is 5.26 Å². The molecular weight excluding hydrogens is 258 g/mol. The van der Waals surface area contributed by atoms with E-state index in [2.05, 4.69) is 0 Å². The van der Waals surface area contributed by atoms with Gasteiger partial charge in [-0.3, -0.25) is 0 Å². The van der Waals surface area contributed by atoms with Crippen LogP contribution in [0.3, 0.4) is 0 Å². The van der Waals surface area contributed by atoms with Crippen LogP contribution in [-0.4, -0.2) is 17.7 Å². The highest BCUT2D eigenvalue weighted by atomic mass is 16.7. The summed E-state index contributed by atoms with van der Waals surface area (Å²) in [4.78, 5) is 23.7. The Bertz CT molecular complexity index is 643. The highest BCUT2D eigenvalue weighted by Crippen LogP contribution is 2.25. The maximum atomic E-state index is 11.8. The van der Waals surface area contributed by atoms with Gasteiger partial charge in [-0.1, -0.05) is 6.07 Å². The molecular formula is C15H13NO4. The van der Waals surface area contributed by atoms with Gasteiger partial charge in [0.1, 0.15) is 5.57 Å². The van der Waals surface area contributed by atoms with Gasteiger partial charge in [0.05, 0.1) is 11.6 Å². The summed E-state index contributed by atoms with van der Waals surface area (Å²) in [6.07, 6.45) is 1.38. The second-order valence-electron chi connectivity index (χ2n) is 4.92. The highest BCUT2D eigenvalue weighted by Gasteiger charge is 2.38. The molecule has 1 aromatic rings. The Balaban J connectivity index is 2.43. The molecule has 0 saturated carbocycles. The van der Waals surface area contributed by atoms with Crippen LogP contribution < -0.4 is 0 Å². The number of nitrogens with zero attached hydrogens (tertiary/aromatic N) is 1. The van der Waals surface area contributed by atoms with E-state index in [-0.39, 0.29) is 5.57 Å². The van der Waals surface area contributed by atoms with E-state index >= 15 is 0 Å². The lowest BCUT2D eigenvalue weighted by Crippen LogP contribution is -2.41. The zero-order valence-electron chi connectivity index (χ0n) is 11.4. The number of carbonyl (C=O) groups excluding carboxylic acids is 2. The smallest absolute Gasteiger partial charge is 0.348 e. The van der Waals surface area contributed by atoms with E-state index < -0.39 is 17.7 Å². The molecule has 0 aliphatic carbocycles. The third-order valence-corrected chi connectivity index (χ3v) is 2.82. The molecule has 0 radical (unpaired) electrons. The Morgan fingerprint density at radius 2 is 1.80 bits per heavy atom. The summed E-state index contributed by atoms with van der Waals surface area (Å²) >= 11 is 0. The molecule has 1 saturated heterocycles. The minimum Gasteiger partial charge on any atom is -0.419 e. The standard InChI is InChI=1S/C15H13NO4/c1-9-4-5-10(8-16)6-11(9)7-12-13(17)19-15(2,3)20-14(12)18/h4-7H,1-3H3. The van der Waals surface area contributed by atoms with Crippen molar-refractivity contribution in [2.75, 3.05) is 0 Å². The maximum Gasteiger partial charge on any atom is 0.348 e. The fourth-order valence-corrected chi connectivity index (χ4v) is 1.80. The molecule has 0 amide bonds. The van der Waals surface area contributed by atoms with E-state index in [1.807, 2.05) is 13.0 Å². The predicted molar refractivity (Wildman–Crippen MR) is 70.1 cm³/mol. The summed E-state index contributed by atoms with van der Waals surface area (Å²) in [5.41, 5.74) is 1.71. The van der Waals surface area contributed by atoms with Crippen molar-refractivity contribution in [3.63, 3.8) is 0 Å². The van der Waals surface area contributed by atoms with Gasteiger partial charge < -0.3 is 9.47 Å². The monoisotopic (exact) mass is 271 g/mol. The molecule has 1 aliphatic rings. The summed E-state index contributed by atoms with van der Waals surface area (Å²) in [6, 6.07) is 7.01. The highest BCUT2D eigenvalue weighted by molar-refractivity contribution is 6.18. The molecule has 0 unspecified atom stereocenters. The van der Waals surface area contributed by atoms with E-state index in [0.29, 0.717) is 11.1 Å². The first-order valence-corrected chi connectivity index (χ1v) is 6.01. The molecule has 1 heterocycles. The molecule has 0 atom stereocenters. The third kappa shape index (κ3) is 2.69. The number of aryl methyl sites for hydroxylation is 1. The first-order valence-electron chi connectivity index (χ1n) is 6.01. The molecule has 102 valence electrons. The number of esters is 2. The Labute approximate surface area is 116 Å². The zero-order valence-corrected chi connectivity index (χ0v) is 11.4. The van der Waals surface area contributed by atoms with Gasteiger partial charge in [0.2, 0.25) is 0 Å². The number of ether oxygens (including phenoxy) is 2. The molecule has 0 N–H and O–H groups in total. The average molecular weight is 271 g/mol. The van der Waals surface area contributed by atoms with Gasteiger partial charge in [-0.15, -0.1) is 0 Å². The normalized spacial score (nSPS) is 17.0. The molecule has 2 rings (SSSR count). The Morgan fingerprint density at radius 1 is 1.20 bits per heavy atom. The molecule has 20 heavy (non-hydrogen) atoms. The van der Waals surface area contributed by atoms with Gasteiger partial charge in [0, 0.05) is 13.8 Å². The van der Waals surface area contributed by atoms with Gasteiger partial charge in [-0.2, -0.15) is 5.26 Å². The number of carbonyl (C=O) groups is 2. The molecule has 0 aromatic heterocycles. The first-order chi connectivity index (χ1) is 9.32. The Kier molecular flexibility index (Phi) is 3.33. The van der Waals surface area contributed by atoms with Crippen molar-refractivity contribution >= 4 is 18.0 Å². The lowest BCUT2D eigenvalue weighted by Gasteiger charge is -2.29. The molecule has 5 nitrogen and oxygen atoms in total. The molecule has 1 aliphatic heterocycles. The van der Waals surface area contributed by atoms with Crippen LogP contribution in [0, 0.1) is 18.3 Å². The van der Waals surface area contributed by atoms with Crippen molar-refractivity contribution in [3.8, 4) is 6.07 Å². The SMILES string of the molecule is Cc1ccc(C#N)cc1C=C1C(=O)OC(C)(C)OC1=O. The molecule has 1 aromatic carbocycles. The van der Waals surface area contributed by atoms with Crippen LogP contribution in [0.25, 0.3) is 6.08 Å². The van der Waals surface area contributed by atoms with E-state index in [4.69, 9.17) is 14.7 Å². The van der Waals surface area contributed by atoms with E-state index in [9.17, 15) is 9.59 Å². The summed E-state index contributed by atoms with van der Waals surface area (Å²) < 4.78 is 10.0. The average Bonchev–Trinajstić information content (AvgIpc) is 2.34. The van der Waals surface area contributed by atoms with E-state index in [1.54, 1.807) is 18.2 Å². The number of hydrogen-bond donors (Lipinski definition) is 0. The fourth-order valence-electron chi connectivity index (χ4n) is 1.80. The minimum absolute atomic E-state index is 0.178. The van der Waals surface area contributed by atoms with Crippen molar-refractivity contribution in [2.24, 2.45) is 0 Å². The summed E-state index contributed by atoms with van der Waals surface area (Å²) in [5, 5.41) is 8.88. The van der Waals surface area contributed by atoms with Crippen LogP contribution in [0.15, 0.2) is 23.8 Å². The lowest BCUT2D eigenvalue weighted by molar-refractivity contribution is -0.222. The minimum atomic E-state index is -1.25. The van der Waals surface area contributed by atoms with E-state index in [0.717, 1.165) is 5.56 Å². The van der Waals surface area contributed by atoms with Gasteiger partial charge in [0.15, 0.2) is 0 Å². The van der Waals surface area contributed by atoms with Gasteiger partial charge in [-0.05, 0) is 36.3 Å². The largest absolute Gasteiger partial charge is 0.419 e. The molecule has 0 spiro atoms. The quantitative estimate of drug-likeness (QED) is 0.444. The Hall–Kier alpha value is -2.61. The van der Waals surface area contributed by atoms with Gasteiger partial charge >= 0.3 is 11.9 Å². The van der Waals surface area contributed by atoms with Crippen molar-refractivity contribution < 1.29 is 19.1 Å². The number of hydrogen-bond acceptors (Lipinski definition) is 5. The first kappa shape index (κ1) is 13.8. The van der Waals surface area contributed by atoms with E-state index in [1.165, 1.54) is 19.9 Å². The lowest BCUT2D eigenvalue weighted by atomic mass is 10.0. The maximum absolute atomic E-state index is 11.8. The second kappa shape index (κ2) is 4.82. The zero-order chi connectivity index (χ0) is 14.9. The number of rotatable bonds is 1. The number of nitriles is 1. The van der Waals surface area contributed by atoms with Crippen LogP contribution in [-0.2, 0) is 19.1 Å².